The predicted octanol–water partition coefficient (Wildman–Crippen LogP) is 1.47. The normalized spacial score (nSPS) is 17.4. The zero-order valence-corrected chi connectivity index (χ0v) is 8.33. The van der Waals surface area contributed by atoms with E-state index in [9.17, 15) is 4.79 Å². The van der Waals surface area contributed by atoms with Crippen LogP contribution in [0.4, 0.5) is 0 Å². The fourth-order valence-corrected chi connectivity index (χ4v) is 1.96. The van der Waals surface area contributed by atoms with Gasteiger partial charge >= 0.3 is 0 Å². The third-order valence-corrected chi connectivity index (χ3v) is 2.81. The van der Waals surface area contributed by atoms with Crippen LogP contribution in [0.1, 0.15) is 28.9 Å². The Hall–Kier alpha value is -1.09. The van der Waals surface area contributed by atoms with Gasteiger partial charge in [0.1, 0.15) is 0 Å². The molecule has 0 spiro atoms. The maximum atomic E-state index is 10.4. The Kier molecular flexibility index (Phi) is 2.99. The van der Waals surface area contributed by atoms with Crippen LogP contribution in [-0.2, 0) is 6.42 Å². The van der Waals surface area contributed by atoms with Crippen molar-refractivity contribution in [2.75, 3.05) is 19.6 Å². The van der Waals surface area contributed by atoms with Crippen LogP contribution in [-0.4, -0.2) is 35.8 Å². The highest BCUT2D eigenvalue weighted by Gasteiger charge is 2.10. The van der Waals surface area contributed by atoms with E-state index >= 15 is 0 Å². The molecule has 3 heteroatoms. The second kappa shape index (κ2) is 4.42. The first kappa shape index (κ1) is 9.46. The Balaban J connectivity index is 1.81. The van der Waals surface area contributed by atoms with E-state index in [1.54, 1.807) is 0 Å². The number of hydrogen-bond acceptors (Lipinski definition) is 2. The minimum absolute atomic E-state index is 0.682. The summed E-state index contributed by atoms with van der Waals surface area (Å²) in [6.45, 7) is 3.60. The number of aldehydes is 1. The second-order valence-electron chi connectivity index (χ2n) is 3.88. The third kappa shape index (κ3) is 2.23. The molecule has 1 N–H and O–H groups in total. The number of likely N-dealkylation sites (tertiary alicyclic amines) is 1. The van der Waals surface area contributed by atoms with Crippen molar-refractivity contribution in [3.05, 3.63) is 23.5 Å². The lowest BCUT2D eigenvalue weighted by atomic mass is 10.2. The van der Waals surface area contributed by atoms with E-state index in [0.717, 1.165) is 19.3 Å². The number of carbonyl (C=O) groups excluding carboxylic acids is 1. The molecule has 0 radical (unpaired) electrons. The van der Waals surface area contributed by atoms with Crippen molar-refractivity contribution in [1.82, 2.24) is 9.88 Å². The maximum absolute atomic E-state index is 10.4. The number of H-pyrrole nitrogens is 1. The standard InChI is InChI=1S/C11H16N2O/c14-9-11-7-10(8-12-11)3-6-13-4-1-2-5-13/h7-9,12H,1-6H2. The monoisotopic (exact) mass is 192 g/mol. The molecule has 0 aliphatic carbocycles. The van der Waals surface area contributed by atoms with E-state index in [1.807, 2.05) is 12.3 Å². The molecule has 0 unspecified atom stereocenters. The molecule has 1 aliphatic heterocycles. The Morgan fingerprint density at radius 2 is 2.21 bits per heavy atom. The van der Waals surface area contributed by atoms with Gasteiger partial charge in [-0.25, -0.2) is 0 Å². The molecule has 2 heterocycles. The first-order valence-corrected chi connectivity index (χ1v) is 5.23. The Morgan fingerprint density at radius 3 is 2.86 bits per heavy atom. The summed E-state index contributed by atoms with van der Waals surface area (Å²) in [5, 5.41) is 0. The van der Waals surface area contributed by atoms with Crippen molar-refractivity contribution in [3.63, 3.8) is 0 Å². The highest BCUT2D eigenvalue weighted by molar-refractivity contribution is 5.72. The van der Waals surface area contributed by atoms with Gasteiger partial charge < -0.3 is 9.88 Å². The molecule has 14 heavy (non-hydrogen) atoms. The summed E-state index contributed by atoms with van der Waals surface area (Å²) in [6.07, 6.45) is 6.52. The summed E-state index contributed by atoms with van der Waals surface area (Å²) in [6, 6.07) is 1.93. The van der Waals surface area contributed by atoms with Crippen LogP contribution in [0.15, 0.2) is 12.3 Å². The molecule has 0 bridgehead atoms. The molecule has 0 atom stereocenters. The number of hydrogen-bond donors (Lipinski definition) is 1. The predicted molar refractivity (Wildman–Crippen MR) is 55.6 cm³/mol. The lowest BCUT2D eigenvalue weighted by Crippen LogP contribution is -2.21. The zero-order chi connectivity index (χ0) is 9.80. The number of carbonyl (C=O) groups is 1. The van der Waals surface area contributed by atoms with Gasteiger partial charge in [0.15, 0.2) is 6.29 Å². The molecule has 3 nitrogen and oxygen atoms in total. The van der Waals surface area contributed by atoms with Crippen molar-refractivity contribution in [3.8, 4) is 0 Å². The van der Waals surface area contributed by atoms with Crippen LogP contribution >= 0.6 is 0 Å². The van der Waals surface area contributed by atoms with Crippen LogP contribution in [0.25, 0.3) is 0 Å². The molecule has 0 aromatic carbocycles. The van der Waals surface area contributed by atoms with Crippen molar-refractivity contribution in [2.24, 2.45) is 0 Å². The van der Waals surface area contributed by atoms with Crippen molar-refractivity contribution in [1.29, 1.82) is 0 Å². The van der Waals surface area contributed by atoms with Gasteiger partial charge in [-0.2, -0.15) is 0 Å². The van der Waals surface area contributed by atoms with E-state index < -0.39 is 0 Å². The number of nitrogens with zero attached hydrogens (tertiary/aromatic N) is 1. The molecule has 1 saturated heterocycles. The van der Waals surface area contributed by atoms with Crippen molar-refractivity contribution in [2.45, 2.75) is 19.3 Å². The van der Waals surface area contributed by atoms with Crippen molar-refractivity contribution >= 4 is 6.29 Å². The van der Waals surface area contributed by atoms with Crippen LogP contribution in [0.2, 0.25) is 0 Å². The summed E-state index contributed by atoms with van der Waals surface area (Å²) in [5.74, 6) is 0. The van der Waals surface area contributed by atoms with Crippen LogP contribution in [0.3, 0.4) is 0 Å². The Morgan fingerprint density at radius 1 is 1.43 bits per heavy atom. The summed E-state index contributed by atoms with van der Waals surface area (Å²) in [7, 11) is 0. The minimum Gasteiger partial charge on any atom is -0.359 e. The lowest BCUT2D eigenvalue weighted by Gasteiger charge is -2.12. The molecule has 76 valence electrons. The molecular formula is C11H16N2O. The van der Waals surface area contributed by atoms with Gasteiger partial charge in [-0.1, -0.05) is 0 Å². The van der Waals surface area contributed by atoms with Gasteiger partial charge in [0.05, 0.1) is 5.69 Å². The van der Waals surface area contributed by atoms with E-state index in [2.05, 4.69) is 9.88 Å². The summed E-state index contributed by atoms with van der Waals surface area (Å²) in [5.41, 5.74) is 1.92. The van der Waals surface area contributed by atoms with E-state index in [-0.39, 0.29) is 0 Å². The van der Waals surface area contributed by atoms with E-state index in [4.69, 9.17) is 0 Å². The number of rotatable bonds is 4. The van der Waals surface area contributed by atoms with Gasteiger partial charge in [-0.15, -0.1) is 0 Å². The van der Waals surface area contributed by atoms with Crippen LogP contribution in [0.5, 0.6) is 0 Å². The minimum atomic E-state index is 0.682. The number of aromatic nitrogens is 1. The molecule has 1 aromatic rings. The van der Waals surface area contributed by atoms with E-state index in [1.165, 1.54) is 31.5 Å². The summed E-state index contributed by atoms with van der Waals surface area (Å²) >= 11 is 0. The Labute approximate surface area is 84.1 Å². The fraction of sp³-hybridized carbons (Fsp3) is 0.545. The summed E-state index contributed by atoms with van der Waals surface area (Å²) in [4.78, 5) is 15.9. The van der Waals surface area contributed by atoms with Crippen LogP contribution in [0, 0.1) is 0 Å². The molecule has 1 fully saturated rings. The number of aromatic amines is 1. The quantitative estimate of drug-likeness (QED) is 0.733. The molecule has 2 rings (SSSR count). The summed E-state index contributed by atoms with van der Waals surface area (Å²) < 4.78 is 0. The van der Waals surface area contributed by atoms with Gasteiger partial charge in [-0.05, 0) is 44.0 Å². The lowest BCUT2D eigenvalue weighted by molar-refractivity contribution is 0.111. The SMILES string of the molecule is O=Cc1cc(CCN2CCCC2)c[nH]1. The fourth-order valence-electron chi connectivity index (χ4n) is 1.96. The Bertz CT molecular complexity index is 300. The van der Waals surface area contributed by atoms with E-state index in [0.29, 0.717) is 5.69 Å². The van der Waals surface area contributed by atoms with Gasteiger partial charge in [0.2, 0.25) is 0 Å². The zero-order valence-electron chi connectivity index (χ0n) is 8.33. The topological polar surface area (TPSA) is 36.1 Å². The maximum Gasteiger partial charge on any atom is 0.166 e. The van der Waals surface area contributed by atoms with Gasteiger partial charge in [0.25, 0.3) is 0 Å². The average molecular weight is 192 g/mol. The highest BCUT2D eigenvalue weighted by Crippen LogP contribution is 2.09. The molecule has 0 amide bonds. The first-order valence-electron chi connectivity index (χ1n) is 5.23. The van der Waals surface area contributed by atoms with Crippen molar-refractivity contribution < 1.29 is 4.79 Å². The van der Waals surface area contributed by atoms with Gasteiger partial charge in [-0.3, -0.25) is 4.79 Å². The third-order valence-electron chi connectivity index (χ3n) is 2.81. The molecule has 1 aromatic heterocycles. The smallest absolute Gasteiger partial charge is 0.166 e. The molecule has 1 aliphatic rings. The average Bonchev–Trinajstić information content (AvgIpc) is 2.86. The number of nitrogens with one attached hydrogen (secondary N) is 1. The van der Waals surface area contributed by atoms with Gasteiger partial charge in [0, 0.05) is 12.7 Å². The largest absolute Gasteiger partial charge is 0.359 e. The first-order chi connectivity index (χ1) is 6.88. The van der Waals surface area contributed by atoms with Crippen LogP contribution < -0.4 is 0 Å². The second-order valence-corrected chi connectivity index (χ2v) is 3.88. The molecule has 0 saturated carbocycles. The molecular weight excluding hydrogens is 176 g/mol. The highest BCUT2D eigenvalue weighted by atomic mass is 16.1.